The van der Waals surface area contributed by atoms with Gasteiger partial charge in [0.15, 0.2) is 0 Å². The van der Waals surface area contributed by atoms with Gasteiger partial charge in [-0.3, -0.25) is 0 Å². The summed E-state index contributed by atoms with van der Waals surface area (Å²) in [6.07, 6.45) is 10.1. The minimum absolute atomic E-state index is 0.0839. The van der Waals surface area contributed by atoms with E-state index in [1.165, 1.54) is 32.1 Å². The SMILES string of the molecule is CCC(O)CCNC(=O)NC1CCN(C2CCCCC2)CC1. The Kier molecular flexibility index (Phi) is 7.46. The second-order valence-electron chi connectivity index (χ2n) is 6.85. The van der Waals surface area contributed by atoms with Crippen molar-refractivity contribution in [2.45, 2.75) is 82.9 Å². The third-order valence-electron chi connectivity index (χ3n) is 5.19. The fourth-order valence-electron chi connectivity index (χ4n) is 3.65. The summed E-state index contributed by atoms with van der Waals surface area (Å²) in [5, 5.41) is 15.4. The van der Waals surface area contributed by atoms with Gasteiger partial charge in [-0.1, -0.05) is 26.2 Å². The first-order chi connectivity index (χ1) is 10.7. The minimum atomic E-state index is -0.306. The van der Waals surface area contributed by atoms with Gasteiger partial charge in [0, 0.05) is 31.7 Å². The molecule has 1 atom stereocenters. The van der Waals surface area contributed by atoms with Crippen LogP contribution in [0.25, 0.3) is 0 Å². The van der Waals surface area contributed by atoms with E-state index >= 15 is 0 Å². The Morgan fingerprint density at radius 2 is 1.86 bits per heavy atom. The summed E-state index contributed by atoms with van der Waals surface area (Å²) >= 11 is 0. The first-order valence-corrected chi connectivity index (χ1v) is 9.15. The van der Waals surface area contributed by atoms with E-state index in [2.05, 4.69) is 15.5 Å². The zero-order valence-corrected chi connectivity index (χ0v) is 14.0. The number of rotatable bonds is 6. The summed E-state index contributed by atoms with van der Waals surface area (Å²) in [7, 11) is 0. The number of amides is 2. The Hall–Kier alpha value is -0.810. The molecule has 0 bridgehead atoms. The molecule has 1 saturated heterocycles. The lowest BCUT2D eigenvalue weighted by Gasteiger charge is -2.39. The van der Waals surface area contributed by atoms with Crippen LogP contribution in [0.2, 0.25) is 0 Å². The molecule has 1 heterocycles. The van der Waals surface area contributed by atoms with Gasteiger partial charge in [-0.05, 0) is 38.5 Å². The maximum absolute atomic E-state index is 11.8. The van der Waals surface area contributed by atoms with Crippen LogP contribution in [-0.2, 0) is 0 Å². The number of carbonyl (C=O) groups excluding carboxylic acids is 1. The summed E-state index contributed by atoms with van der Waals surface area (Å²) in [6.45, 7) is 4.72. The molecule has 2 rings (SSSR count). The van der Waals surface area contributed by atoms with Crippen LogP contribution in [0.5, 0.6) is 0 Å². The molecule has 2 fully saturated rings. The molecule has 0 aromatic carbocycles. The van der Waals surface area contributed by atoms with Crippen LogP contribution in [0, 0.1) is 0 Å². The third-order valence-corrected chi connectivity index (χ3v) is 5.19. The molecule has 0 aromatic rings. The lowest BCUT2D eigenvalue weighted by Crippen LogP contribution is -2.50. The van der Waals surface area contributed by atoms with Gasteiger partial charge >= 0.3 is 6.03 Å². The van der Waals surface area contributed by atoms with Gasteiger partial charge in [0.2, 0.25) is 0 Å². The minimum Gasteiger partial charge on any atom is -0.393 e. The van der Waals surface area contributed by atoms with E-state index in [1.54, 1.807) is 0 Å². The lowest BCUT2D eigenvalue weighted by atomic mass is 9.92. The first kappa shape index (κ1) is 17.5. The van der Waals surface area contributed by atoms with E-state index in [4.69, 9.17) is 0 Å². The second-order valence-corrected chi connectivity index (χ2v) is 6.85. The van der Waals surface area contributed by atoms with Crippen molar-refractivity contribution >= 4 is 6.03 Å². The number of piperidine rings is 1. The maximum Gasteiger partial charge on any atom is 0.315 e. The number of carbonyl (C=O) groups is 1. The Balaban J connectivity index is 1.59. The second kappa shape index (κ2) is 9.36. The molecule has 1 saturated carbocycles. The molecule has 2 aliphatic rings. The quantitative estimate of drug-likeness (QED) is 0.705. The molecule has 5 heteroatoms. The molecule has 1 aliphatic carbocycles. The topological polar surface area (TPSA) is 64.6 Å². The summed E-state index contributed by atoms with van der Waals surface area (Å²) < 4.78 is 0. The Morgan fingerprint density at radius 1 is 1.18 bits per heavy atom. The molecule has 5 nitrogen and oxygen atoms in total. The van der Waals surface area contributed by atoms with Gasteiger partial charge in [-0.2, -0.15) is 0 Å². The number of likely N-dealkylation sites (tertiary alicyclic amines) is 1. The summed E-state index contributed by atoms with van der Waals surface area (Å²) in [5.41, 5.74) is 0. The van der Waals surface area contributed by atoms with E-state index in [9.17, 15) is 9.90 Å². The molecule has 0 spiro atoms. The molecule has 2 amide bonds. The largest absolute Gasteiger partial charge is 0.393 e. The predicted octanol–water partition coefficient (Wildman–Crippen LogP) is 2.24. The summed E-state index contributed by atoms with van der Waals surface area (Å²) in [5.74, 6) is 0. The number of nitrogens with one attached hydrogen (secondary N) is 2. The van der Waals surface area contributed by atoms with Crippen LogP contribution in [0.15, 0.2) is 0 Å². The Labute approximate surface area is 134 Å². The monoisotopic (exact) mass is 311 g/mol. The zero-order valence-electron chi connectivity index (χ0n) is 14.0. The van der Waals surface area contributed by atoms with E-state index in [0.717, 1.165) is 38.4 Å². The van der Waals surface area contributed by atoms with Gasteiger partial charge in [-0.15, -0.1) is 0 Å². The molecule has 0 radical (unpaired) electrons. The highest BCUT2D eigenvalue weighted by Gasteiger charge is 2.26. The molecule has 22 heavy (non-hydrogen) atoms. The van der Waals surface area contributed by atoms with Crippen molar-refractivity contribution in [3.63, 3.8) is 0 Å². The molecule has 1 aliphatic heterocycles. The molecular formula is C17H33N3O2. The van der Waals surface area contributed by atoms with Crippen molar-refractivity contribution in [1.82, 2.24) is 15.5 Å². The highest BCUT2D eigenvalue weighted by atomic mass is 16.3. The highest BCUT2D eigenvalue weighted by molar-refractivity contribution is 5.74. The van der Waals surface area contributed by atoms with Crippen LogP contribution in [0.3, 0.4) is 0 Å². The molecule has 1 unspecified atom stereocenters. The van der Waals surface area contributed by atoms with Crippen LogP contribution in [0.4, 0.5) is 4.79 Å². The smallest absolute Gasteiger partial charge is 0.315 e. The molecular weight excluding hydrogens is 278 g/mol. The number of hydrogen-bond acceptors (Lipinski definition) is 3. The van der Waals surface area contributed by atoms with E-state index in [0.29, 0.717) is 19.0 Å². The summed E-state index contributed by atoms with van der Waals surface area (Å²) in [6, 6.07) is 1.01. The van der Waals surface area contributed by atoms with E-state index in [1.807, 2.05) is 6.92 Å². The Bertz CT molecular complexity index is 324. The van der Waals surface area contributed by atoms with Gasteiger partial charge in [-0.25, -0.2) is 4.79 Å². The normalized spacial score (nSPS) is 23.2. The zero-order chi connectivity index (χ0) is 15.8. The van der Waals surface area contributed by atoms with Gasteiger partial charge in [0.1, 0.15) is 0 Å². The van der Waals surface area contributed by atoms with Crippen molar-refractivity contribution < 1.29 is 9.90 Å². The molecule has 128 valence electrons. The molecule has 0 aromatic heterocycles. The highest BCUT2D eigenvalue weighted by Crippen LogP contribution is 2.25. The van der Waals surface area contributed by atoms with Crippen molar-refractivity contribution in [3.8, 4) is 0 Å². The fraction of sp³-hybridized carbons (Fsp3) is 0.941. The number of urea groups is 1. The van der Waals surface area contributed by atoms with Crippen LogP contribution < -0.4 is 10.6 Å². The predicted molar refractivity (Wildman–Crippen MR) is 88.9 cm³/mol. The molecule has 3 N–H and O–H groups in total. The van der Waals surface area contributed by atoms with Crippen molar-refractivity contribution in [2.24, 2.45) is 0 Å². The fourth-order valence-corrected chi connectivity index (χ4v) is 3.65. The standard InChI is InChI=1S/C17H33N3O2/c1-2-16(21)8-11-18-17(22)19-14-9-12-20(13-10-14)15-6-4-3-5-7-15/h14-16,21H,2-13H2,1H3,(H2,18,19,22). The first-order valence-electron chi connectivity index (χ1n) is 9.15. The van der Waals surface area contributed by atoms with Gasteiger partial charge in [0.25, 0.3) is 0 Å². The maximum atomic E-state index is 11.8. The van der Waals surface area contributed by atoms with Gasteiger partial charge in [0.05, 0.1) is 6.10 Å². The number of aliphatic hydroxyl groups is 1. The average molecular weight is 311 g/mol. The van der Waals surface area contributed by atoms with Crippen molar-refractivity contribution in [1.29, 1.82) is 0 Å². The Morgan fingerprint density at radius 3 is 2.50 bits per heavy atom. The average Bonchev–Trinajstić information content (AvgIpc) is 2.56. The van der Waals surface area contributed by atoms with Crippen LogP contribution in [0.1, 0.15) is 64.7 Å². The van der Waals surface area contributed by atoms with Crippen LogP contribution >= 0.6 is 0 Å². The third kappa shape index (κ3) is 5.76. The number of aliphatic hydroxyl groups excluding tert-OH is 1. The van der Waals surface area contributed by atoms with Crippen LogP contribution in [-0.4, -0.2) is 53.9 Å². The number of nitrogens with zero attached hydrogens (tertiary/aromatic N) is 1. The van der Waals surface area contributed by atoms with Crippen molar-refractivity contribution in [2.75, 3.05) is 19.6 Å². The summed E-state index contributed by atoms with van der Waals surface area (Å²) in [4.78, 5) is 14.5. The van der Waals surface area contributed by atoms with Gasteiger partial charge < -0.3 is 20.6 Å². The number of hydrogen-bond donors (Lipinski definition) is 3. The van der Waals surface area contributed by atoms with Crippen molar-refractivity contribution in [3.05, 3.63) is 0 Å². The lowest BCUT2D eigenvalue weighted by molar-refractivity contribution is 0.117. The van der Waals surface area contributed by atoms with E-state index < -0.39 is 0 Å². The van der Waals surface area contributed by atoms with E-state index in [-0.39, 0.29) is 12.1 Å².